The molecule has 0 bridgehead atoms. The quantitative estimate of drug-likeness (QED) is 0.319. The Morgan fingerprint density at radius 2 is 1.53 bits per heavy atom. The van der Waals surface area contributed by atoms with E-state index in [1.54, 1.807) is 0 Å². The van der Waals surface area contributed by atoms with Crippen LogP contribution in [0.15, 0.2) is 30.3 Å². The lowest BCUT2D eigenvalue weighted by atomic mass is 10.2. The smallest absolute Gasteiger partial charge is 0.435 e. The van der Waals surface area contributed by atoms with Crippen molar-refractivity contribution in [1.29, 1.82) is 0 Å². The first-order valence-corrected chi connectivity index (χ1v) is 9.89. The van der Waals surface area contributed by atoms with Crippen LogP contribution in [0, 0.1) is 0 Å². The summed E-state index contributed by atoms with van der Waals surface area (Å²) < 4.78 is 52.6. The molecule has 0 saturated carbocycles. The topological polar surface area (TPSA) is 36.3 Å². The number of nitrogens with zero attached hydrogens (tertiary/aromatic N) is 2. The maximum atomic E-state index is 13.5. The number of ether oxygens (including phenoxy) is 2. The minimum Gasteiger partial charge on any atom is -0.487 e. The van der Waals surface area contributed by atoms with Crippen molar-refractivity contribution < 1.29 is 22.6 Å². The van der Waals surface area contributed by atoms with E-state index in [1.807, 2.05) is 0 Å². The lowest BCUT2D eigenvalue weighted by Crippen LogP contribution is -2.11. The molecule has 2 aromatic carbocycles. The van der Waals surface area contributed by atoms with Crippen molar-refractivity contribution in [2.45, 2.75) is 12.8 Å². The molecule has 160 valence electrons. The number of aromatic nitrogens is 2. The van der Waals surface area contributed by atoms with E-state index in [1.165, 1.54) is 37.4 Å². The maximum Gasteiger partial charge on any atom is 0.435 e. The van der Waals surface area contributed by atoms with E-state index in [4.69, 9.17) is 67.5 Å². The maximum absolute atomic E-state index is 13.5. The number of hydrogen-bond acceptors (Lipinski definition) is 3. The summed E-state index contributed by atoms with van der Waals surface area (Å²) in [7, 11) is 1.30. The van der Waals surface area contributed by atoms with E-state index >= 15 is 0 Å². The van der Waals surface area contributed by atoms with Gasteiger partial charge in [-0.2, -0.15) is 18.3 Å². The molecule has 0 radical (unpaired) electrons. The molecule has 30 heavy (non-hydrogen) atoms. The largest absolute Gasteiger partial charge is 0.487 e. The van der Waals surface area contributed by atoms with Gasteiger partial charge in [-0.1, -0.05) is 58.0 Å². The second-order valence-corrected chi connectivity index (χ2v) is 7.98. The zero-order chi connectivity index (χ0) is 22.2. The van der Waals surface area contributed by atoms with Crippen LogP contribution in [0.25, 0.3) is 0 Å². The predicted octanol–water partition coefficient (Wildman–Crippen LogP) is 8.08. The third kappa shape index (κ3) is 5.03. The normalized spacial score (nSPS) is 11.6. The van der Waals surface area contributed by atoms with Crippen molar-refractivity contribution in [3.63, 3.8) is 0 Å². The van der Waals surface area contributed by atoms with Crippen molar-refractivity contribution in [2.24, 2.45) is 7.05 Å². The van der Waals surface area contributed by atoms with Crippen molar-refractivity contribution in [3.8, 4) is 17.4 Å². The Balaban J connectivity index is 2.00. The Labute approximate surface area is 193 Å². The van der Waals surface area contributed by atoms with Gasteiger partial charge in [0.1, 0.15) is 18.1 Å². The molecule has 12 heteroatoms. The Bertz CT molecular complexity index is 1100. The Kier molecular flexibility index (Phi) is 6.89. The molecule has 1 aromatic heterocycles. The molecule has 0 amide bonds. The molecule has 1 heterocycles. The second kappa shape index (κ2) is 8.93. The summed E-state index contributed by atoms with van der Waals surface area (Å²) in [5.41, 5.74) is -1.54. The predicted molar refractivity (Wildman–Crippen MR) is 111 cm³/mol. The van der Waals surface area contributed by atoms with Gasteiger partial charge in [-0.3, -0.25) is 0 Å². The summed E-state index contributed by atoms with van der Waals surface area (Å²) in [6.07, 6.45) is -4.76. The number of aryl methyl sites for hydroxylation is 1. The Hall–Kier alpha value is -1.51. The molecule has 0 N–H and O–H groups in total. The van der Waals surface area contributed by atoms with Gasteiger partial charge in [0, 0.05) is 18.1 Å². The highest BCUT2D eigenvalue weighted by atomic mass is 35.5. The molecule has 0 aliphatic carbocycles. The molecule has 0 saturated heterocycles. The molecule has 3 aromatic rings. The van der Waals surface area contributed by atoms with Crippen LogP contribution in [0.3, 0.4) is 0 Å². The van der Waals surface area contributed by atoms with Crippen molar-refractivity contribution in [2.75, 3.05) is 0 Å². The van der Waals surface area contributed by atoms with E-state index < -0.39 is 18.5 Å². The first-order chi connectivity index (χ1) is 14.0. The fourth-order valence-corrected chi connectivity index (χ4v) is 3.50. The van der Waals surface area contributed by atoms with Gasteiger partial charge >= 0.3 is 6.18 Å². The van der Waals surface area contributed by atoms with Gasteiger partial charge in [-0.05, 0) is 24.3 Å². The first-order valence-electron chi connectivity index (χ1n) is 8.00. The fraction of sp³-hybridized carbons (Fsp3) is 0.167. The van der Waals surface area contributed by atoms with Crippen molar-refractivity contribution in [1.82, 2.24) is 9.78 Å². The van der Waals surface area contributed by atoms with Gasteiger partial charge in [-0.25, -0.2) is 4.68 Å². The van der Waals surface area contributed by atoms with E-state index in [9.17, 15) is 13.2 Å². The molecule has 0 spiro atoms. The van der Waals surface area contributed by atoms with Gasteiger partial charge in [-0.15, -0.1) is 0 Å². The molecule has 0 fully saturated rings. The van der Waals surface area contributed by atoms with Crippen LogP contribution in [-0.2, 0) is 19.8 Å². The highest BCUT2D eigenvalue weighted by Crippen LogP contribution is 2.40. The van der Waals surface area contributed by atoms with Crippen LogP contribution in [0.1, 0.15) is 11.3 Å². The fourth-order valence-electron chi connectivity index (χ4n) is 2.46. The van der Waals surface area contributed by atoms with Crippen LogP contribution in [-0.4, -0.2) is 9.78 Å². The first kappa shape index (κ1) is 23.2. The van der Waals surface area contributed by atoms with Crippen molar-refractivity contribution in [3.05, 3.63) is 66.7 Å². The number of rotatable bonds is 5. The summed E-state index contributed by atoms with van der Waals surface area (Å²) in [6.45, 7) is -0.569. The van der Waals surface area contributed by atoms with Gasteiger partial charge in [0.25, 0.3) is 0 Å². The van der Waals surface area contributed by atoms with E-state index in [-0.39, 0.29) is 43.0 Å². The molecular weight excluding hydrogens is 510 g/mol. The van der Waals surface area contributed by atoms with E-state index in [0.717, 1.165) is 4.68 Å². The van der Waals surface area contributed by atoms with Crippen LogP contribution in [0.4, 0.5) is 13.2 Å². The molecule has 4 nitrogen and oxygen atoms in total. The SMILES string of the molecule is Cn1nc(C(F)(F)F)c(COc2cc(Cl)c(Cl)cc2Cl)c1Oc1ccc(Cl)cc1Cl. The Morgan fingerprint density at radius 3 is 2.17 bits per heavy atom. The lowest BCUT2D eigenvalue weighted by molar-refractivity contribution is -0.142. The molecular formula is C18H10Cl5F3N2O2. The molecule has 0 atom stereocenters. The van der Waals surface area contributed by atoms with Gasteiger partial charge in [0.15, 0.2) is 5.69 Å². The zero-order valence-electron chi connectivity index (χ0n) is 14.8. The molecule has 0 aliphatic rings. The summed E-state index contributed by atoms with van der Waals surface area (Å²) >= 11 is 29.7. The molecule has 0 unspecified atom stereocenters. The standard InChI is InChI=1S/C18H10Cl5F3N2O2/c1-28-17(30-14-3-2-8(19)4-12(14)22)9(16(27-28)18(24,25)26)7-29-15-6-11(21)10(20)5-13(15)23/h2-6H,7H2,1H3. The number of halogens is 8. The van der Waals surface area contributed by atoms with Gasteiger partial charge in [0.2, 0.25) is 5.88 Å². The summed E-state index contributed by atoms with van der Waals surface area (Å²) in [5.74, 6) is -0.0899. The number of hydrogen-bond donors (Lipinski definition) is 0. The van der Waals surface area contributed by atoms with Crippen LogP contribution >= 0.6 is 58.0 Å². The van der Waals surface area contributed by atoms with E-state index in [2.05, 4.69) is 5.10 Å². The second-order valence-electron chi connectivity index (χ2n) is 5.92. The van der Waals surface area contributed by atoms with Crippen LogP contribution < -0.4 is 9.47 Å². The van der Waals surface area contributed by atoms with Crippen LogP contribution in [0.2, 0.25) is 25.1 Å². The third-order valence-corrected chi connectivity index (χ3v) is 5.35. The van der Waals surface area contributed by atoms with E-state index in [0.29, 0.717) is 5.02 Å². The number of benzene rings is 2. The highest BCUT2D eigenvalue weighted by Gasteiger charge is 2.40. The van der Waals surface area contributed by atoms with Gasteiger partial charge < -0.3 is 9.47 Å². The molecule has 0 aliphatic heterocycles. The summed E-state index contributed by atoms with van der Waals surface area (Å²) in [5, 5.41) is 4.35. The average molecular weight is 521 g/mol. The third-order valence-electron chi connectivity index (χ3n) is 3.80. The minimum absolute atomic E-state index is 0.0403. The zero-order valence-corrected chi connectivity index (χ0v) is 18.6. The van der Waals surface area contributed by atoms with Gasteiger partial charge in [0.05, 0.1) is 25.7 Å². The molecule has 3 rings (SSSR count). The lowest BCUT2D eigenvalue weighted by Gasteiger charge is -2.13. The summed E-state index contributed by atoms with van der Waals surface area (Å²) in [4.78, 5) is 0. The Morgan fingerprint density at radius 1 is 0.900 bits per heavy atom. The number of alkyl halides is 3. The highest BCUT2D eigenvalue weighted by molar-refractivity contribution is 6.43. The monoisotopic (exact) mass is 518 g/mol. The summed E-state index contributed by atoms with van der Waals surface area (Å²) in [6, 6.07) is 6.91. The van der Waals surface area contributed by atoms with Crippen molar-refractivity contribution >= 4 is 58.0 Å². The van der Waals surface area contributed by atoms with Crippen LogP contribution in [0.5, 0.6) is 17.4 Å². The average Bonchev–Trinajstić information content (AvgIpc) is 2.95. The minimum atomic E-state index is -4.76.